The van der Waals surface area contributed by atoms with Crippen LogP contribution in [0.25, 0.3) is 0 Å². The Hall–Kier alpha value is -0.880. The van der Waals surface area contributed by atoms with Gasteiger partial charge in [0.25, 0.3) is 0 Å². The Kier molecular flexibility index (Phi) is 3.60. The molecule has 0 aliphatic carbocycles. The van der Waals surface area contributed by atoms with Crippen LogP contribution in [0.3, 0.4) is 0 Å². The summed E-state index contributed by atoms with van der Waals surface area (Å²) in [5, 5.41) is 4.41. The van der Waals surface area contributed by atoms with Crippen LogP contribution in [0.15, 0.2) is 12.1 Å². The third-order valence-corrected chi connectivity index (χ3v) is 3.01. The van der Waals surface area contributed by atoms with Crippen LogP contribution in [0, 0.1) is 12.3 Å². The summed E-state index contributed by atoms with van der Waals surface area (Å²) in [4.78, 5) is 0. The van der Waals surface area contributed by atoms with Crippen LogP contribution in [0.5, 0.6) is 5.75 Å². The molecule has 1 unspecified atom stereocenters. The number of terminal acetylenes is 1. The van der Waals surface area contributed by atoms with E-state index in [2.05, 4.69) is 11.2 Å². The zero-order valence-corrected chi connectivity index (χ0v) is 10.1. The van der Waals surface area contributed by atoms with Gasteiger partial charge >= 0.3 is 0 Å². The summed E-state index contributed by atoms with van der Waals surface area (Å²) in [5.41, 5.74) is 0.985. The summed E-state index contributed by atoms with van der Waals surface area (Å²) in [5.74, 6) is 3.27. The molecule has 1 aromatic rings. The molecular weight excluding hydrogens is 245 g/mol. The van der Waals surface area contributed by atoms with Crippen molar-refractivity contribution in [2.24, 2.45) is 0 Å². The van der Waals surface area contributed by atoms with E-state index in [-0.39, 0.29) is 6.04 Å². The highest BCUT2D eigenvalue weighted by atomic mass is 35.5. The van der Waals surface area contributed by atoms with Crippen LogP contribution in [-0.2, 0) is 0 Å². The van der Waals surface area contributed by atoms with Gasteiger partial charge < -0.3 is 4.74 Å². The van der Waals surface area contributed by atoms with Crippen molar-refractivity contribution in [3.8, 4) is 18.1 Å². The van der Waals surface area contributed by atoms with Gasteiger partial charge in [-0.2, -0.15) is 0 Å². The largest absolute Gasteiger partial charge is 0.492 e. The maximum atomic E-state index is 6.07. The first-order chi connectivity index (χ1) is 7.72. The standard InChI is InChI=1S/C12H11Cl2NO/c1-2-4-15-11-3-5-16-12-9(11)6-8(13)7-10(12)14/h1,6-7,11,15H,3-5H2. The lowest BCUT2D eigenvalue weighted by Crippen LogP contribution is -2.27. The molecule has 2 nitrogen and oxygen atoms in total. The van der Waals surface area contributed by atoms with Crippen LogP contribution in [0.2, 0.25) is 10.0 Å². The smallest absolute Gasteiger partial charge is 0.142 e. The van der Waals surface area contributed by atoms with Crippen LogP contribution in [0.1, 0.15) is 18.0 Å². The molecule has 1 aliphatic heterocycles. The van der Waals surface area contributed by atoms with Gasteiger partial charge in [0, 0.05) is 23.0 Å². The van der Waals surface area contributed by atoms with Gasteiger partial charge in [-0.3, -0.25) is 5.32 Å². The Morgan fingerprint density at radius 1 is 1.50 bits per heavy atom. The Morgan fingerprint density at radius 3 is 3.06 bits per heavy atom. The van der Waals surface area contributed by atoms with Crippen molar-refractivity contribution < 1.29 is 4.74 Å². The lowest BCUT2D eigenvalue weighted by molar-refractivity contribution is 0.256. The van der Waals surface area contributed by atoms with Gasteiger partial charge in [-0.05, 0) is 12.1 Å². The molecule has 0 aromatic heterocycles. The van der Waals surface area contributed by atoms with Gasteiger partial charge in [0.1, 0.15) is 5.75 Å². The molecule has 16 heavy (non-hydrogen) atoms. The number of hydrogen-bond donors (Lipinski definition) is 1. The number of fused-ring (bicyclic) bond motifs is 1. The quantitative estimate of drug-likeness (QED) is 0.821. The maximum absolute atomic E-state index is 6.07. The summed E-state index contributed by atoms with van der Waals surface area (Å²) in [6, 6.07) is 3.72. The molecule has 0 saturated heterocycles. The molecule has 1 aromatic carbocycles. The Morgan fingerprint density at radius 2 is 2.31 bits per heavy atom. The first-order valence-electron chi connectivity index (χ1n) is 5.01. The summed E-state index contributed by atoms with van der Waals surface area (Å²) in [7, 11) is 0. The van der Waals surface area contributed by atoms with Crippen molar-refractivity contribution in [3.05, 3.63) is 27.7 Å². The van der Waals surface area contributed by atoms with Crippen LogP contribution < -0.4 is 10.1 Å². The van der Waals surface area contributed by atoms with Crippen LogP contribution in [-0.4, -0.2) is 13.2 Å². The highest BCUT2D eigenvalue weighted by Gasteiger charge is 2.23. The van der Waals surface area contributed by atoms with Gasteiger partial charge in [0.05, 0.1) is 18.2 Å². The second kappa shape index (κ2) is 4.97. The average molecular weight is 256 g/mol. The summed E-state index contributed by atoms with van der Waals surface area (Å²) in [6.07, 6.45) is 6.10. The molecule has 0 radical (unpaired) electrons. The van der Waals surface area contributed by atoms with Crippen molar-refractivity contribution in [2.75, 3.05) is 13.2 Å². The van der Waals surface area contributed by atoms with E-state index in [0.717, 1.165) is 12.0 Å². The van der Waals surface area contributed by atoms with Crippen molar-refractivity contribution in [2.45, 2.75) is 12.5 Å². The van der Waals surface area contributed by atoms with E-state index >= 15 is 0 Å². The van der Waals surface area contributed by atoms with E-state index in [9.17, 15) is 0 Å². The lowest BCUT2D eigenvalue weighted by Gasteiger charge is -2.27. The van der Waals surface area contributed by atoms with E-state index in [0.29, 0.717) is 28.9 Å². The normalized spacial score (nSPS) is 18.4. The van der Waals surface area contributed by atoms with E-state index in [1.54, 1.807) is 6.07 Å². The number of nitrogens with one attached hydrogen (secondary N) is 1. The third kappa shape index (κ3) is 2.27. The Bertz CT molecular complexity index is 439. The first-order valence-corrected chi connectivity index (χ1v) is 5.76. The fourth-order valence-electron chi connectivity index (χ4n) is 1.82. The molecule has 0 fully saturated rings. The first kappa shape index (κ1) is 11.6. The monoisotopic (exact) mass is 255 g/mol. The van der Waals surface area contributed by atoms with E-state index in [4.69, 9.17) is 34.4 Å². The molecule has 0 bridgehead atoms. The fraction of sp³-hybridized carbons (Fsp3) is 0.333. The molecular formula is C12H11Cl2NO. The maximum Gasteiger partial charge on any atom is 0.142 e. The predicted octanol–water partition coefficient (Wildman–Crippen LogP) is 3.04. The predicted molar refractivity (Wildman–Crippen MR) is 66.2 cm³/mol. The van der Waals surface area contributed by atoms with Crippen molar-refractivity contribution in [3.63, 3.8) is 0 Å². The molecule has 0 saturated carbocycles. The number of hydrogen-bond acceptors (Lipinski definition) is 2. The van der Waals surface area contributed by atoms with Gasteiger partial charge in [-0.1, -0.05) is 29.1 Å². The molecule has 1 N–H and O–H groups in total. The van der Waals surface area contributed by atoms with E-state index in [1.807, 2.05) is 6.07 Å². The summed E-state index contributed by atoms with van der Waals surface area (Å²) in [6.45, 7) is 1.16. The molecule has 0 spiro atoms. The molecule has 84 valence electrons. The minimum Gasteiger partial charge on any atom is -0.492 e. The number of ether oxygens (including phenoxy) is 1. The summed E-state index contributed by atoms with van der Waals surface area (Å²) >= 11 is 12.0. The topological polar surface area (TPSA) is 21.3 Å². The third-order valence-electron chi connectivity index (χ3n) is 2.52. The van der Waals surface area contributed by atoms with E-state index < -0.39 is 0 Å². The number of rotatable bonds is 2. The van der Waals surface area contributed by atoms with Gasteiger partial charge in [-0.15, -0.1) is 6.42 Å². The van der Waals surface area contributed by atoms with Crippen LogP contribution >= 0.6 is 23.2 Å². The van der Waals surface area contributed by atoms with Crippen molar-refractivity contribution in [1.29, 1.82) is 0 Å². The number of halogens is 2. The molecule has 1 atom stereocenters. The molecule has 0 amide bonds. The molecule has 1 aliphatic rings. The zero-order chi connectivity index (χ0) is 11.5. The van der Waals surface area contributed by atoms with Gasteiger partial charge in [0.15, 0.2) is 0 Å². The SMILES string of the molecule is C#CCNC1CCOc2c(Cl)cc(Cl)cc21. The number of benzene rings is 1. The molecule has 1 heterocycles. The average Bonchev–Trinajstić information content (AvgIpc) is 2.26. The lowest BCUT2D eigenvalue weighted by atomic mass is 10.0. The Balaban J connectivity index is 2.34. The highest BCUT2D eigenvalue weighted by molar-refractivity contribution is 6.35. The molecule has 4 heteroatoms. The van der Waals surface area contributed by atoms with E-state index in [1.165, 1.54) is 0 Å². The second-order valence-corrected chi connectivity index (χ2v) is 4.42. The van der Waals surface area contributed by atoms with Crippen molar-refractivity contribution in [1.82, 2.24) is 5.32 Å². The fourth-order valence-corrected chi connectivity index (χ4v) is 2.38. The minimum absolute atomic E-state index is 0.163. The van der Waals surface area contributed by atoms with Crippen molar-refractivity contribution >= 4 is 23.2 Å². The van der Waals surface area contributed by atoms with Gasteiger partial charge in [0.2, 0.25) is 0 Å². The summed E-state index contributed by atoms with van der Waals surface area (Å²) < 4.78 is 5.54. The Labute approximate surface area is 105 Å². The second-order valence-electron chi connectivity index (χ2n) is 3.58. The minimum atomic E-state index is 0.163. The zero-order valence-electron chi connectivity index (χ0n) is 8.59. The highest BCUT2D eigenvalue weighted by Crippen LogP contribution is 2.39. The molecule has 2 rings (SSSR count). The van der Waals surface area contributed by atoms with Gasteiger partial charge in [-0.25, -0.2) is 0 Å². The van der Waals surface area contributed by atoms with Crippen LogP contribution in [0.4, 0.5) is 0 Å².